The Morgan fingerprint density at radius 1 is 0.885 bits per heavy atom. The average Bonchev–Trinajstić information content (AvgIpc) is 3.79. The smallest absolute Gasteiger partial charge is 0.315 e. The Hall–Kier alpha value is -6.26. The molecule has 61 heavy (non-hydrogen) atoms. The number of thioether (sulfide) groups is 1. The van der Waals surface area contributed by atoms with Gasteiger partial charge in [0.05, 0.1) is 24.2 Å². The van der Waals surface area contributed by atoms with Crippen LogP contribution in [-0.2, 0) is 30.4 Å². The van der Waals surface area contributed by atoms with Crippen molar-refractivity contribution in [3.8, 4) is 5.75 Å². The van der Waals surface area contributed by atoms with Gasteiger partial charge in [-0.3, -0.25) is 28.9 Å². The van der Waals surface area contributed by atoms with Gasteiger partial charge in [0.15, 0.2) is 6.10 Å². The number of anilines is 1. The lowest BCUT2D eigenvalue weighted by Crippen LogP contribution is -2.56. The molecule has 0 saturated carbocycles. The van der Waals surface area contributed by atoms with E-state index >= 15 is 0 Å². The molecule has 0 unspecified atom stereocenters. The van der Waals surface area contributed by atoms with Gasteiger partial charge in [-0.2, -0.15) is 11.8 Å². The average molecular weight is 853 g/mol. The Balaban J connectivity index is 0.972. The number of urea groups is 1. The number of hydrogen-bond acceptors (Lipinski definition) is 9. The largest absolute Gasteiger partial charge is 0.481 e. The molecule has 3 aliphatic rings. The molecule has 3 aliphatic heterocycles. The molecule has 0 spiro atoms. The monoisotopic (exact) mass is 852 g/mol. The highest BCUT2D eigenvalue weighted by atomic mass is 32.2. The van der Waals surface area contributed by atoms with Crippen LogP contribution in [0.5, 0.6) is 5.75 Å². The van der Waals surface area contributed by atoms with Crippen molar-refractivity contribution < 1.29 is 33.5 Å². The van der Waals surface area contributed by atoms with Gasteiger partial charge in [0.25, 0.3) is 5.91 Å². The summed E-state index contributed by atoms with van der Waals surface area (Å²) in [5, 5.41) is 21.2. The van der Waals surface area contributed by atoms with Crippen LogP contribution in [0.25, 0.3) is 10.4 Å². The van der Waals surface area contributed by atoms with E-state index < -0.39 is 41.8 Å². The lowest BCUT2D eigenvalue weighted by molar-refractivity contribution is -0.132. The van der Waals surface area contributed by atoms with E-state index in [-0.39, 0.29) is 37.0 Å². The summed E-state index contributed by atoms with van der Waals surface area (Å²) in [7, 11) is 0. The molecule has 6 N–H and O–H groups in total. The van der Waals surface area contributed by atoms with E-state index in [1.165, 1.54) is 11.8 Å². The van der Waals surface area contributed by atoms with Crippen LogP contribution in [-0.4, -0.2) is 90.4 Å². The normalized spacial score (nSPS) is 20.6. The van der Waals surface area contributed by atoms with Crippen molar-refractivity contribution in [1.82, 2.24) is 31.9 Å². The van der Waals surface area contributed by atoms with Crippen molar-refractivity contribution in [1.29, 1.82) is 0 Å². The molecule has 2 fully saturated rings. The number of para-hydroxylation sites is 2. The fourth-order valence-corrected chi connectivity index (χ4v) is 9.15. The van der Waals surface area contributed by atoms with Gasteiger partial charge in [-0.15, -0.1) is 0 Å². The molecule has 2 saturated heterocycles. The number of rotatable bonds is 20. The van der Waals surface area contributed by atoms with Crippen molar-refractivity contribution >= 4 is 58.7 Å². The number of nitrogens with zero attached hydrogens (tertiary/aromatic N) is 4. The molecule has 322 valence electrons. The van der Waals surface area contributed by atoms with Crippen molar-refractivity contribution in [2.24, 2.45) is 5.11 Å². The zero-order valence-corrected chi connectivity index (χ0v) is 34.8. The number of ether oxygens (including phenoxy) is 1. The molecule has 0 aromatic heterocycles. The van der Waals surface area contributed by atoms with E-state index in [1.54, 1.807) is 72.8 Å². The highest BCUT2D eigenvalue weighted by Crippen LogP contribution is 2.38. The first-order valence-electron chi connectivity index (χ1n) is 20.7. The molecule has 3 aromatic rings. The SMILES string of the molecule is C[C@H](NC(=O)Cc1ccc(N=[N+]=[N-])cc1)C(=O)N[C@H]1C(=O)N(CC(=O)NCCCCCNC(=O)CCCC[C@@H]2SC[C@@H]3NC(=O)N[C@@H]32)c2ccccc2O[C@H]1c1ccccc1. The number of azide groups is 1. The summed E-state index contributed by atoms with van der Waals surface area (Å²) in [5.74, 6) is -0.735. The minimum Gasteiger partial charge on any atom is -0.481 e. The second-order valence-corrected chi connectivity index (χ2v) is 16.5. The third kappa shape index (κ3) is 12.4. The van der Waals surface area contributed by atoms with E-state index in [4.69, 9.17) is 10.3 Å². The number of hydrogen-bond donors (Lipinski definition) is 6. The van der Waals surface area contributed by atoms with Gasteiger partial charge in [0.1, 0.15) is 24.4 Å². The van der Waals surface area contributed by atoms with Crippen LogP contribution >= 0.6 is 11.8 Å². The molecule has 6 rings (SSSR count). The van der Waals surface area contributed by atoms with Gasteiger partial charge >= 0.3 is 6.03 Å². The van der Waals surface area contributed by atoms with Crippen LogP contribution in [0.15, 0.2) is 84.0 Å². The van der Waals surface area contributed by atoms with Crippen LogP contribution in [0.4, 0.5) is 16.2 Å². The first-order chi connectivity index (χ1) is 29.6. The summed E-state index contributed by atoms with van der Waals surface area (Å²) in [4.78, 5) is 82.5. The van der Waals surface area contributed by atoms with E-state index in [1.807, 2.05) is 17.8 Å². The van der Waals surface area contributed by atoms with Crippen molar-refractivity contribution in [2.45, 2.75) is 93.8 Å². The zero-order valence-electron chi connectivity index (χ0n) is 34.0. The van der Waals surface area contributed by atoms with Gasteiger partial charge in [0.2, 0.25) is 23.6 Å². The molecule has 6 atom stereocenters. The molecule has 3 aromatic carbocycles. The number of unbranched alkanes of at least 4 members (excludes halogenated alkanes) is 3. The molecule has 0 aliphatic carbocycles. The molecule has 0 bridgehead atoms. The van der Waals surface area contributed by atoms with E-state index in [0.717, 1.165) is 37.9 Å². The first-order valence-corrected chi connectivity index (χ1v) is 21.7. The summed E-state index contributed by atoms with van der Waals surface area (Å²) < 4.78 is 6.45. The van der Waals surface area contributed by atoms with Crippen molar-refractivity contribution in [2.75, 3.05) is 30.3 Å². The standard InChI is InChI=1S/C43H52N10O7S/c1-27(47-36(55)24-28-18-20-30(21-19-28)51-52-44)41(57)49-39-40(29-12-4-2-5-13-29)60-33-15-7-6-14-32(33)53(42(39)58)25-37(56)46-23-11-3-10-22-45-35(54)17-9-8-16-34-38-31(26-61-34)48-43(59)50-38/h2,4-7,12-15,18-21,27,31,34,38-40H,3,8-11,16-17,22-26H2,1H3,(H,45,54)(H,46,56)(H,47,55)(H,49,57)(H2,48,50,59)/t27-,31-,34-,38-,39+,40-/m0/s1. The molecule has 17 nitrogen and oxygen atoms in total. The number of fused-ring (bicyclic) bond motifs is 2. The van der Waals surface area contributed by atoms with Gasteiger partial charge in [-0.25, -0.2) is 4.79 Å². The highest BCUT2D eigenvalue weighted by molar-refractivity contribution is 8.00. The first kappa shape index (κ1) is 44.3. The molecule has 18 heteroatoms. The summed E-state index contributed by atoms with van der Waals surface area (Å²) in [5.41, 5.74) is 10.7. The van der Waals surface area contributed by atoms with E-state index in [9.17, 15) is 28.8 Å². The third-order valence-corrected chi connectivity index (χ3v) is 12.3. The number of nitrogens with one attached hydrogen (secondary N) is 6. The van der Waals surface area contributed by atoms with Gasteiger partial charge in [-0.05, 0) is 67.8 Å². The number of benzene rings is 3. The highest BCUT2D eigenvalue weighted by Gasteiger charge is 2.43. The lowest BCUT2D eigenvalue weighted by Gasteiger charge is -2.29. The summed E-state index contributed by atoms with van der Waals surface area (Å²) in [6.07, 6.45) is 4.32. The molecule has 0 radical (unpaired) electrons. The number of carbonyl (C=O) groups excluding carboxylic acids is 6. The summed E-state index contributed by atoms with van der Waals surface area (Å²) in [6.45, 7) is 2.08. The summed E-state index contributed by atoms with van der Waals surface area (Å²) in [6, 6.07) is 20.3. The predicted octanol–water partition coefficient (Wildman–Crippen LogP) is 4.46. The van der Waals surface area contributed by atoms with Crippen LogP contribution in [0.3, 0.4) is 0 Å². The predicted molar refractivity (Wildman–Crippen MR) is 231 cm³/mol. The molecular formula is C43H52N10O7S. The Morgan fingerprint density at radius 2 is 1.61 bits per heavy atom. The van der Waals surface area contributed by atoms with E-state index in [0.29, 0.717) is 59.4 Å². The zero-order chi connectivity index (χ0) is 43.1. The Kier molecular flexibility index (Phi) is 15.9. The van der Waals surface area contributed by atoms with E-state index in [2.05, 4.69) is 41.9 Å². The van der Waals surface area contributed by atoms with Crippen LogP contribution in [0.1, 0.15) is 69.1 Å². The van der Waals surface area contributed by atoms with Gasteiger partial charge in [-0.1, -0.05) is 78.3 Å². The molecular weight excluding hydrogens is 801 g/mol. The molecule has 3 heterocycles. The Labute approximate surface area is 358 Å². The minimum absolute atomic E-state index is 0.0164. The van der Waals surface area contributed by atoms with Crippen molar-refractivity contribution in [3.63, 3.8) is 0 Å². The van der Waals surface area contributed by atoms with Crippen molar-refractivity contribution in [3.05, 3.63) is 100 Å². The Morgan fingerprint density at radius 3 is 2.36 bits per heavy atom. The third-order valence-electron chi connectivity index (χ3n) is 10.8. The van der Waals surface area contributed by atoms with Gasteiger partial charge < -0.3 is 36.6 Å². The van der Waals surface area contributed by atoms with Crippen LogP contribution in [0, 0.1) is 0 Å². The Bertz CT molecular complexity index is 2080. The summed E-state index contributed by atoms with van der Waals surface area (Å²) >= 11 is 1.87. The van der Waals surface area contributed by atoms with Crippen LogP contribution in [0.2, 0.25) is 0 Å². The van der Waals surface area contributed by atoms with Gasteiger partial charge in [0, 0.05) is 41.1 Å². The second kappa shape index (κ2) is 21.8. The maximum atomic E-state index is 14.5. The fourth-order valence-electron chi connectivity index (χ4n) is 7.60. The maximum Gasteiger partial charge on any atom is 0.315 e. The fraction of sp³-hybridized carbons (Fsp3) is 0.442. The lowest BCUT2D eigenvalue weighted by atomic mass is 10.0. The topological polar surface area (TPSA) is 236 Å². The molecule has 7 amide bonds. The quantitative estimate of drug-likeness (QED) is 0.0312. The number of carbonyl (C=O) groups is 6. The van der Waals surface area contributed by atoms with Crippen LogP contribution < -0.4 is 41.5 Å². The minimum atomic E-state index is -1.27. The number of amides is 7. The second-order valence-electron chi connectivity index (χ2n) is 15.3. The maximum absolute atomic E-state index is 14.5.